The van der Waals surface area contributed by atoms with Crippen LogP contribution in [0.2, 0.25) is 0 Å². The van der Waals surface area contributed by atoms with Gasteiger partial charge in [-0.15, -0.1) is 10.2 Å². The van der Waals surface area contributed by atoms with E-state index >= 15 is 0 Å². The third-order valence-corrected chi connectivity index (χ3v) is 5.49. The average molecular weight is 376 g/mol. The molecule has 2 aromatic rings. The normalized spacial score (nSPS) is 10.3. The van der Waals surface area contributed by atoms with Gasteiger partial charge in [0, 0.05) is 12.2 Å². The van der Waals surface area contributed by atoms with Crippen molar-refractivity contribution in [2.45, 2.75) is 37.4 Å². The predicted molar refractivity (Wildman–Crippen MR) is 102 cm³/mol. The van der Waals surface area contributed by atoms with E-state index in [9.17, 15) is 4.79 Å². The molecular formula is C17H21N5OS2. The lowest BCUT2D eigenvalue weighted by molar-refractivity contribution is -0.118. The number of carbonyl (C=O) groups excluding carboxylic acids is 1. The fourth-order valence-electron chi connectivity index (χ4n) is 2.26. The van der Waals surface area contributed by atoms with Gasteiger partial charge in [-0.2, -0.15) is 5.26 Å². The maximum absolute atomic E-state index is 11.7. The molecule has 1 heterocycles. The SMILES string of the molecule is CCc1cccc(CC)c1Nc1nnc(SCC(=O)NCCC#N)s1. The van der Waals surface area contributed by atoms with Crippen LogP contribution in [0.3, 0.4) is 0 Å². The molecule has 0 atom stereocenters. The molecule has 0 fully saturated rings. The first-order chi connectivity index (χ1) is 12.2. The molecular weight excluding hydrogens is 354 g/mol. The van der Waals surface area contributed by atoms with Gasteiger partial charge in [-0.25, -0.2) is 0 Å². The van der Waals surface area contributed by atoms with Gasteiger partial charge in [0.2, 0.25) is 11.0 Å². The number of anilines is 2. The van der Waals surface area contributed by atoms with Gasteiger partial charge < -0.3 is 10.6 Å². The maximum Gasteiger partial charge on any atom is 0.230 e. The van der Waals surface area contributed by atoms with Crippen LogP contribution in [-0.2, 0) is 17.6 Å². The number of nitriles is 1. The van der Waals surface area contributed by atoms with E-state index in [1.807, 2.05) is 6.07 Å². The van der Waals surface area contributed by atoms with Crippen molar-refractivity contribution in [3.8, 4) is 6.07 Å². The molecule has 1 amide bonds. The highest BCUT2D eigenvalue weighted by Gasteiger charge is 2.11. The Labute approximate surface area is 156 Å². The third-order valence-electron chi connectivity index (χ3n) is 3.52. The van der Waals surface area contributed by atoms with Gasteiger partial charge in [-0.05, 0) is 24.0 Å². The molecule has 132 valence electrons. The number of hydrogen-bond donors (Lipinski definition) is 2. The lowest BCUT2D eigenvalue weighted by Gasteiger charge is -2.13. The average Bonchev–Trinajstić information content (AvgIpc) is 3.08. The Morgan fingerprint density at radius 1 is 1.28 bits per heavy atom. The summed E-state index contributed by atoms with van der Waals surface area (Å²) in [5.41, 5.74) is 3.61. The number of nitrogens with one attached hydrogen (secondary N) is 2. The summed E-state index contributed by atoms with van der Waals surface area (Å²) in [6.45, 7) is 4.64. The van der Waals surface area contributed by atoms with Crippen LogP contribution in [0.4, 0.5) is 10.8 Å². The van der Waals surface area contributed by atoms with Gasteiger partial charge in [0.1, 0.15) is 0 Å². The summed E-state index contributed by atoms with van der Waals surface area (Å²) in [4.78, 5) is 11.7. The number of amides is 1. The van der Waals surface area contributed by atoms with Crippen LogP contribution in [-0.4, -0.2) is 28.4 Å². The standard InChI is InChI=1S/C17H21N5OS2/c1-3-12-7-5-8-13(4-2)15(12)20-16-21-22-17(25-16)24-11-14(23)19-10-6-9-18/h5,7-8H,3-4,6,10-11H2,1-2H3,(H,19,23)(H,20,21). The second-order valence-electron chi connectivity index (χ2n) is 5.20. The van der Waals surface area contributed by atoms with Crippen molar-refractivity contribution in [3.05, 3.63) is 29.3 Å². The van der Waals surface area contributed by atoms with Crippen molar-refractivity contribution >= 4 is 39.8 Å². The van der Waals surface area contributed by atoms with Gasteiger partial charge in [0.15, 0.2) is 4.34 Å². The van der Waals surface area contributed by atoms with Crippen molar-refractivity contribution < 1.29 is 4.79 Å². The molecule has 8 heteroatoms. The Morgan fingerprint density at radius 3 is 2.64 bits per heavy atom. The first-order valence-electron chi connectivity index (χ1n) is 8.15. The summed E-state index contributed by atoms with van der Waals surface area (Å²) in [6.07, 6.45) is 2.21. The number of benzene rings is 1. The number of carbonyl (C=O) groups is 1. The van der Waals surface area contributed by atoms with Crippen molar-refractivity contribution in [2.24, 2.45) is 0 Å². The second kappa shape index (κ2) is 10.0. The molecule has 0 saturated heterocycles. The van der Waals surface area contributed by atoms with Crippen LogP contribution < -0.4 is 10.6 Å². The highest BCUT2D eigenvalue weighted by Crippen LogP contribution is 2.31. The van der Waals surface area contributed by atoms with E-state index in [2.05, 4.69) is 52.9 Å². The van der Waals surface area contributed by atoms with Gasteiger partial charge in [0.25, 0.3) is 0 Å². The zero-order valence-electron chi connectivity index (χ0n) is 14.3. The van der Waals surface area contributed by atoms with E-state index < -0.39 is 0 Å². The molecule has 1 aromatic carbocycles. The lowest BCUT2D eigenvalue weighted by Crippen LogP contribution is -2.25. The van der Waals surface area contributed by atoms with Crippen LogP contribution >= 0.6 is 23.1 Å². The number of para-hydroxylation sites is 1. The highest BCUT2D eigenvalue weighted by molar-refractivity contribution is 8.01. The number of thioether (sulfide) groups is 1. The largest absolute Gasteiger partial charge is 0.354 e. The van der Waals surface area contributed by atoms with E-state index in [0.717, 1.165) is 28.0 Å². The highest BCUT2D eigenvalue weighted by atomic mass is 32.2. The quantitative estimate of drug-likeness (QED) is 0.515. The topological polar surface area (TPSA) is 90.7 Å². The Morgan fingerprint density at radius 2 is 2.00 bits per heavy atom. The molecule has 0 spiro atoms. The number of nitrogens with zero attached hydrogens (tertiary/aromatic N) is 3. The van der Waals surface area contributed by atoms with Crippen molar-refractivity contribution in [2.75, 3.05) is 17.6 Å². The first kappa shape index (κ1) is 19.2. The molecule has 0 unspecified atom stereocenters. The summed E-state index contributed by atoms with van der Waals surface area (Å²) in [5, 5.41) is 23.6. The van der Waals surface area contributed by atoms with E-state index in [0.29, 0.717) is 13.0 Å². The maximum atomic E-state index is 11.7. The fraction of sp³-hybridized carbons (Fsp3) is 0.412. The molecule has 2 N–H and O–H groups in total. The van der Waals surface area contributed by atoms with Gasteiger partial charge in [-0.3, -0.25) is 4.79 Å². The molecule has 0 aliphatic heterocycles. The zero-order valence-corrected chi connectivity index (χ0v) is 16.0. The van der Waals surface area contributed by atoms with E-state index in [4.69, 9.17) is 5.26 Å². The molecule has 0 bridgehead atoms. The Bertz CT molecular complexity index is 731. The van der Waals surface area contributed by atoms with Crippen LogP contribution in [0, 0.1) is 11.3 Å². The predicted octanol–water partition coefficient (Wildman–Crippen LogP) is 3.53. The Kier molecular flexibility index (Phi) is 7.70. The minimum Gasteiger partial charge on any atom is -0.354 e. The second-order valence-corrected chi connectivity index (χ2v) is 7.40. The summed E-state index contributed by atoms with van der Waals surface area (Å²) in [7, 11) is 0. The Balaban J connectivity index is 1.96. The molecule has 0 aliphatic carbocycles. The number of aromatic nitrogens is 2. The van der Waals surface area contributed by atoms with Gasteiger partial charge in [0.05, 0.1) is 18.2 Å². The summed E-state index contributed by atoms with van der Waals surface area (Å²) in [5.74, 6) is 0.167. The molecule has 0 radical (unpaired) electrons. The molecule has 2 rings (SSSR count). The number of hydrogen-bond acceptors (Lipinski definition) is 7. The van der Waals surface area contributed by atoms with Gasteiger partial charge in [-0.1, -0.05) is 55.1 Å². The number of rotatable bonds is 9. The molecule has 0 aliphatic rings. The van der Waals surface area contributed by atoms with Crippen LogP contribution in [0.5, 0.6) is 0 Å². The van der Waals surface area contributed by atoms with E-state index in [-0.39, 0.29) is 11.7 Å². The summed E-state index contributed by atoms with van der Waals surface area (Å²) < 4.78 is 0.741. The zero-order chi connectivity index (χ0) is 18.1. The smallest absolute Gasteiger partial charge is 0.230 e. The van der Waals surface area contributed by atoms with Crippen molar-refractivity contribution in [3.63, 3.8) is 0 Å². The third kappa shape index (κ3) is 5.73. The summed E-state index contributed by atoms with van der Waals surface area (Å²) >= 11 is 2.78. The molecule has 1 aromatic heterocycles. The molecule has 6 nitrogen and oxygen atoms in total. The fourth-order valence-corrected chi connectivity index (χ4v) is 3.85. The monoisotopic (exact) mass is 375 g/mol. The van der Waals surface area contributed by atoms with Crippen molar-refractivity contribution in [1.82, 2.24) is 15.5 Å². The van der Waals surface area contributed by atoms with Crippen molar-refractivity contribution in [1.29, 1.82) is 5.26 Å². The van der Waals surface area contributed by atoms with Gasteiger partial charge >= 0.3 is 0 Å². The lowest BCUT2D eigenvalue weighted by atomic mass is 10.0. The van der Waals surface area contributed by atoms with Crippen LogP contribution in [0.25, 0.3) is 0 Å². The minimum atomic E-state index is -0.102. The Hall–Kier alpha value is -2.11. The minimum absolute atomic E-state index is 0.102. The van der Waals surface area contributed by atoms with Crippen LogP contribution in [0.15, 0.2) is 22.5 Å². The van der Waals surface area contributed by atoms with E-state index in [1.54, 1.807) is 0 Å². The van der Waals surface area contributed by atoms with Crippen LogP contribution in [0.1, 0.15) is 31.4 Å². The molecule has 25 heavy (non-hydrogen) atoms. The first-order valence-corrected chi connectivity index (χ1v) is 9.95. The van der Waals surface area contributed by atoms with E-state index in [1.165, 1.54) is 34.2 Å². The number of aryl methyl sites for hydroxylation is 2. The molecule has 0 saturated carbocycles. The summed E-state index contributed by atoms with van der Waals surface area (Å²) in [6, 6.07) is 8.30.